The third-order valence-electron chi connectivity index (χ3n) is 4.74. The van der Waals surface area contributed by atoms with Crippen molar-refractivity contribution in [3.63, 3.8) is 0 Å². The van der Waals surface area contributed by atoms with Gasteiger partial charge in [-0.3, -0.25) is 15.8 Å². The summed E-state index contributed by atoms with van der Waals surface area (Å²) in [7, 11) is 7.07. The van der Waals surface area contributed by atoms with E-state index in [9.17, 15) is 9.59 Å². The second kappa shape index (κ2) is 10.8. The highest BCUT2D eigenvalue weighted by molar-refractivity contribution is 5.93. The van der Waals surface area contributed by atoms with Gasteiger partial charge in [-0.2, -0.15) is 0 Å². The molecule has 168 valence electrons. The maximum absolute atomic E-state index is 13.0. The van der Waals surface area contributed by atoms with Crippen LogP contribution in [0.2, 0.25) is 0 Å². The largest absolute Gasteiger partial charge is 0.336 e. The van der Waals surface area contributed by atoms with Crippen LogP contribution in [0, 0.1) is 20.8 Å². The topological polar surface area (TPSA) is 80.0 Å². The first-order valence-corrected chi connectivity index (χ1v) is 10.2. The number of aryl methyl sites for hydroxylation is 3. The fourth-order valence-corrected chi connectivity index (χ4v) is 3.38. The average Bonchev–Trinajstić information content (AvgIpc) is 2.64. The van der Waals surface area contributed by atoms with E-state index < -0.39 is 0 Å². The smallest absolute Gasteiger partial charge is 0.306 e. The van der Waals surface area contributed by atoms with Gasteiger partial charge in [-0.1, -0.05) is 35.9 Å². The maximum Gasteiger partial charge on any atom is 0.336 e. The lowest BCUT2D eigenvalue weighted by Crippen LogP contribution is -2.47. The molecule has 0 spiro atoms. The second-order valence-electron chi connectivity index (χ2n) is 8.07. The molecular weight excluding hydrogens is 392 g/mol. The molecule has 3 N–H and O–H groups in total. The summed E-state index contributed by atoms with van der Waals surface area (Å²) in [5, 5.41) is 6.15. The summed E-state index contributed by atoms with van der Waals surface area (Å²) in [5.41, 5.74) is 11.2. The molecule has 0 saturated carbocycles. The minimum atomic E-state index is -0.308. The fourth-order valence-electron chi connectivity index (χ4n) is 3.38. The lowest BCUT2D eigenvalue weighted by atomic mass is 10.0. The quantitative estimate of drug-likeness (QED) is 0.593. The van der Waals surface area contributed by atoms with Crippen LogP contribution in [0.5, 0.6) is 0 Å². The average molecular weight is 427 g/mol. The summed E-state index contributed by atoms with van der Waals surface area (Å²) in [6, 6.07) is 11.4. The minimum absolute atomic E-state index is 0.204. The lowest BCUT2D eigenvalue weighted by molar-refractivity contribution is 0.218. The van der Waals surface area contributed by atoms with Crippen molar-refractivity contribution in [3.05, 3.63) is 58.7 Å². The zero-order chi connectivity index (χ0) is 23.1. The maximum atomic E-state index is 13.0. The first-order chi connectivity index (χ1) is 14.6. The van der Waals surface area contributed by atoms with Crippen LogP contribution in [0.4, 0.5) is 21.0 Å². The zero-order valence-electron chi connectivity index (χ0n) is 19.5. The Kier molecular flexibility index (Phi) is 8.41. The van der Waals surface area contributed by atoms with Crippen LogP contribution in [0.3, 0.4) is 0 Å². The Balaban J connectivity index is 2.29. The molecule has 0 aliphatic rings. The lowest BCUT2D eigenvalue weighted by Gasteiger charge is -2.27. The predicted octanol–water partition coefficient (Wildman–Crippen LogP) is 3.45. The third kappa shape index (κ3) is 6.97. The van der Waals surface area contributed by atoms with E-state index in [1.165, 1.54) is 0 Å². The van der Waals surface area contributed by atoms with Gasteiger partial charge in [0, 0.05) is 46.1 Å². The van der Waals surface area contributed by atoms with Crippen LogP contribution in [-0.4, -0.2) is 56.8 Å². The zero-order valence-corrected chi connectivity index (χ0v) is 19.5. The molecule has 2 rings (SSSR count). The number of amides is 4. The number of carbonyl (C=O) groups excluding carboxylic acids is 2. The molecule has 8 nitrogen and oxygen atoms in total. The molecule has 0 atom stereocenters. The molecular formula is C23H34N6O2. The van der Waals surface area contributed by atoms with Crippen molar-refractivity contribution < 1.29 is 9.59 Å². The van der Waals surface area contributed by atoms with E-state index >= 15 is 0 Å². The number of benzene rings is 2. The van der Waals surface area contributed by atoms with Gasteiger partial charge in [0.1, 0.15) is 0 Å². The monoisotopic (exact) mass is 426 g/mol. The van der Waals surface area contributed by atoms with Crippen molar-refractivity contribution in [1.29, 1.82) is 0 Å². The van der Waals surface area contributed by atoms with Crippen LogP contribution in [0.25, 0.3) is 0 Å². The van der Waals surface area contributed by atoms with E-state index in [-0.39, 0.29) is 12.1 Å². The minimum Gasteiger partial charge on any atom is -0.306 e. The first-order valence-electron chi connectivity index (χ1n) is 10.2. The van der Waals surface area contributed by atoms with Gasteiger partial charge in [0.15, 0.2) is 0 Å². The van der Waals surface area contributed by atoms with Crippen LogP contribution >= 0.6 is 0 Å². The molecule has 4 amide bonds. The van der Waals surface area contributed by atoms with Crippen molar-refractivity contribution in [3.8, 4) is 0 Å². The second-order valence-corrected chi connectivity index (χ2v) is 8.07. The van der Waals surface area contributed by atoms with Crippen molar-refractivity contribution in [2.75, 3.05) is 45.0 Å². The normalized spacial score (nSPS) is 10.9. The first kappa shape index (κ1) is 24.2. The predicted molar refractivity (Wildman–Crippen MR) is 126 cm³/mol. The third-order valence-corrected chi connectivity index (χ3v) is 4.74. The number of nitrogens with zero attached hydrogens (tertiary/aromatic N) is 3. The van der Waals surface area contributed by atoms with E-state index in [0.29, 0.717) is 13.0 Å². The molecule has 31 heavy (non-hydrogen) atoms. The molecule has 0 saturated heterocycles. The van der Waals surface area contributed by atoms with Gasteiger partial charge in [-0.15, -0.1) is 0 Å². The molecule has 8 heteroatoms. The van der Waals surface area contributed by atoms with Crippen LogP contribution in [0.15, 0.2) is 36.4 Å². The Morgan fingerprint density at radius 3 is 2.16 bits per heavy atom. The van der Waals surface area contributed by atoms with Crippen molar-refractivity contribution in [1.82, 2.24) is 20.9 Å². The number of hydrogen-bond acceptors (Lipinski definition) is 4. The van der Waals surface area contributed by atoms with Gasteiger partial charge in [-0.25, -0.2) is 19.6 Å². The SMILES string of the molecule is Cc1ccc(N(CCc2cccc(C)c2NC(=O)NN(C)C)C(=O)NN(C)C)c(C)c1. The number of para-hydroxylation sites is 1. The number of urea groups is 2. The number of hydrazine groups is 2. The number of anilines is 2. The Labute approximate surface area is 185 Å². The fraction of sp³-hybridized carbons (Fsp3) is 0.391. The van der Waals surface area contributed by atoms with Gasteiger partial charge in [0.2, 0.25) is 0 Å². The van der Waals surface area contributed by atoms with Gasteiger partial charge in [0.25, 0.3) is 0 Å². The highest BCUT2D eigenvalue weighted by Gasteiger charge is 2.19. The number of carbonyl (C=O) groups is 2. The highest BCUT2D eigenvalue weighted by atomic mass is 16.2. The Hall–Kier alpha value is -3.10. The number of hydrogen-bond donors (Lipinski definition) is 3. The summed E-state index contributed by atoms with van der Waals surface area (Å²) in [5.74, 6) is 0. The molecule has 2 aromatic rings. The molecule has 0 aliphatic carbocycles. The van der Waals surface area contributed by atoms with Crippen molar-refractivity contribution >= 4 is 23.4 Å². The molecule has 0 aliphatic heterocycles. The molecule has 0 heterocycles. The Bertz CT molecular complexity index is 926. The Morgan fingerprint density at radius 2 is 1.55 bits per heavy atom. The molecule has 0 bridgehead atoms. The van der Waals surface area contributed by atoms with Crippen molar-refractivity contribution in [2.45, 2.75) is 27.2 Å². The van der Waals surface area contributed by atoms with E-state index in [1.807, 2.05) is 51.1 Å². The number of rotatable bonds is 7. The summed E-state index contributed by atoms with van der Waals surface area (Å²) < 4.78 is 0. The summed E-state index contributed by atoms with van der Waals surface area (Å²) in [6.07, 6.45) is 0.577. The van der Waals surface area contributed by atoms with Crippen LogP contribution in [-0.2, 0) is 6.42 Å². The summed E-state index contributed by atoms with van der Waals surface area (Å²) in [4.78, 5) is 26.9. The standard InChI is InChI=1S/C23H34N6O2/c1-16-11-12-20(18(3)15-16)29(23(31)26-28(6)7)14-13-19-10-8-9-17(2)21(19)24-22(30)25-27(4)5/h8-12,15H,13-14H2,1-7H3,(H,26,31)(H2,24,25,30). The van der Waals surface area contributed by atoms with E-state index in [2.05, 4.69) is 22.2 Å². The Morgan fingerprint density at radius 1 is 0.871 bits per heavy atom. The van der Waals surface area contributed by atoms with E-state index in [1.54, 1.807) is 43.1 Å². The van der Waals surface area contributed by atoms with Crippen LogP contribution in [0.1, 0.15) is 22.3 Å². The highest BCUT2D eigenvalue weighted by Crippen LogP contribution is 2.25. The van der Waals surface area contributed by atoms with Gasteiger partial charge in [-0.05, 0) is 49.9 Å². The molecule has 0 aromatic heterocycles. The molecule has 0 unspecified atom stereocenters. The molecule has 0 fully saturated rings. The van der Waals surface area contributed by atoms with Gasteiger partial charge >= 0.3 is 12.1 Å². The van der Waals surface area contributed by atoms with Gasteiger partial charge < -0.3 is 5.32 Å². The molecule has 2 aromatic carbocycles. The van der Waals surface area contributed by atoms with Gasteiger partial charge in [0.05, 0.1) is 0 Å². The van der Waals surface area contributed by atoms with Crippen molar-refractivity contribution in [2.24, 2.45) is 0 Å². The van der Waals surface area contributed by atoms with Crippen LogP contribution < -0.4 is 21.1 Å². The summed E-state index contributed by atoms with van der Waals surface area (Å²) in [6.45, 7) is 6.44. The number of nitrogens with one attached hydrogen (secondary N) is 3. The molecule has 0 radical (unpaired) electrons. The van der Waals surface area contributed by atoms with E-state index in [0.717, 1.165) is 33.6 Å². The summed E-state index contributed by atoms with van der Waals surface area (Å²) >= 11 is 0. The van der Waals surface area contributed by atoms with E-state index in [4.69, 9.17) is 0 Å².